The minimum Gasteiger partial charge on any atom is -0.383 e. The van der Waals surface area contributed by atoms with Gasteiger partial charge < -0.3 is 10.3 Å². The van der Waals surface area contributed by atoms with Crippen LogP contribution in [0.1, 0.15) is 47.2 Å². The molecule has 36 heavy (non-hydrogen) atoms. The SMILES string of the molecule is CC#Cc1cncc(-c2cccc([C@@]3(c4cc(C)c(=O)n(CC)c4)N=C(N)c4c(F)cccc43)c2)c1. The van der Waals surface area contributed by atoms with Crippen molar-refractivity contribution in [2.75, 3.05) is 0 Å². The Kier molecular flexibility index (Phi) is 5.77. The van der Waals surface area contributed by atoms with Crippen LogP contribution in [0.15, 0.2) is 83.0 Å². The number of aliphatic imine (C=N–C) groups is 1. The van der Waals surface area contributed by atoms with Gasteiger partial charge in [-0.3, -0.25) is 9.78 Å². The summed E-state index contributed by atoms with van der Waals surface area (Å²) < 4.78 is 16.7. The molecular formula is C30H25FN4O. The highest BCUT2D eigenvalue weighted by Crippen LogP contribution is 2.47. The summed E-state index contributed by atoms with van der Waals surface area (Å²) in [7, 11) is 0. The first-order chi connectivity index (χ1) is 17.4. The number of halogens is 1. The third-order valence-corrected chi connectivity index (χ3v) is 6.59. The molecule has 1 aliphatic rings. The van der Waals surface area contributed by atoms with E-state index in [9.17, 15) is 4.79 Å². The van der Waals surface area contributed by atoms with Gasteiger partial charge in [-0.25, -0.2) is 9.38 Å². The lowest BCUT2D eigenvalue weighted by Crippen LogP contribution is -2.30. The van der Waals surface area contributed by atoms with Crippen molar-refractivity contribution in [2.24, 2.45) is 10.7 Å². The summed E-state index contributed by atoms with van der Waals surface area (Å²) in [4.78, 5) is 22.0. The Bertz CT molecular complexity index is 1660. The number of hydrogen-bond acceptors (Lipinski definition) is 4. The molecule has 5 rings (SSSR count). The molecule has 0 bridgehead atoms. The summed E-state index contributed by atoms with van der Waals surface area (Å²) in [5.41, 5.74) is 10.9. The van der Waals surface area contributed by atoms with Crippen LogP contribution in [0.3, 0.4) is 0 Å². The van der Waals surface area contributed by atoms with Crippen molar-refractivity contribution in [2.45, 2.75) is 32.9 Å². The zero-order chi connectivity index (χ0) is 25.4. The van der Waals surface area contributed by atoms with Crippen LogP contribution in [0.25, 0.3) is 11.1 Å². The molecule has 0 fully saturated rings. The molecule has 2 aromatic heterocycles. The molecule has 2 aromatic carbocycles. The average molecular weight is 477 g/mol. The molecule has 1 aliphatic heterocycles. The van der Waals surface area contributed by atoms with Crippen molar-refractivity contribution in [3.8, 4) is 23.0 Å². The largest absolute Gasteiger partial charge is 0.383 e. The first kappa shape index (κ1) is 23.3. The standard InChI is InChI=1S/C30H25FN4O/c1-4-8-20-14-22(17-33-16-20)21-9-6-10-23(15-21)30(24-13-19(3)29(36)35(5-2)18-24)25-11-7-12-26(31)27(25)28(32)34-30/h6-7,9-18H,5H2,1-3H3,(H2,32,34)/t30-/m0/s1. The average Bonchev–Trinajstić information content (AvgIpc) is 3.20. The van der Waals surface area contributed by atoms with Gasteiger partial charge in [0.25, 0.3) is 5.56 Å². The van der Waals surface area contributed by atoms with E-state index in [0.717, 1.165) is 27.8 Å². The Balaban J connectivity index is 1.82. The van der Waals surface area contributed by atoms with Crippen molar-refractivity contribution in [3.63, 3.8) is 0 Å². The third kappa shape index (κ3) is 3.61. The Hall–Kier alpha value is -4.50. The molecule has 3 heterocycles. The van der Waals surface area contributed by atoms with Crippen molar-refractivity contribution < 1.29 is 4.39 Å². The van der Waals surface area contributed by atoms with Gasteiger partial charge in [-0.05, 0) is 56.2 Å². The second-order valence-electron chi connectivity index (χ2n) is 8.79. The van der Waals surface area contributed by atoms with Gasteiger partial charge in [0.1, 0.15) is 17.2 Å². The molecule has 5 nitrogen and oxygen atoms in total. The van der Waals surface area contributed by atoms with Crippen LogP contribution in [0, 0.1) is 24.6 Å². The second-order valence-corrected chi connectivity index (χ2v) is 8.79. The van der Waals surface area contributed by atoms with Crippen molar-refractivity contribution in [1.82, 2.24) is 9.55 Å². The minimum atomic E-state index is -1.12. The van der Waals surface area contributed by atoms with Gasteiger partial charge in [0.15, 0.2) is 0 Å². The second kappa shape index (κ2) is 8.94. The van der Waals surface area contributed by atoms with Crippen LogP contribution in [0.4, 0.5) is 4.39 Å². The third-order valence-electron chi connectivity index (χ3n) is 6.59. The maximum Gasteiger partial charge on any atom is 0.253 e. The molecule has 4 aromatic rings. The number of hydrogen-bond donors (Lipinski definition) is 1. The zero-order valence-electron chi connectivity index (χ0n) is 20.3. The van der Waals surface area contributed by atoms with Crippen LogP contribution in [-0.2, 0) is 12.1 Å². The summed E-state index contributed by atoms with van der Waals surface area (Å²) >= 11 is 0. The fourth-order valence-electron chi connectivity index (χ4n) is 4.94. The molecule has 0 saturated carbocycles. The molecule has 0 spiro atoms. The highest BCUT2D eigenvalue weighted by atomic mass is 19.1. The highest BCUT2D eigenvalue weighted by molar-refractivity contribution is 6.03. The van der Waals surface area contributed by atoms with Gasteiger partial charge >= 0.3 is 0 Å². The molecule has 2 N–H and O–H groups in total. The fraction of sp³-hybridized carbons (Fsp3) is 0.167. The number of rotatable bonds is 4. The van der Waals surface area contributed by atoms with E-state index in [1.54, 1.807) is 43.1 Å². The monoisotopic (exact) mass is 476 g/mol. The van der Waals surface area contributed by atoms with E-state index < -0.39 is 11.4 Å². The number of benzene rings is 2. The van der Waals surface area contributed by atoms with E-state index in [1.165, 1.54) is 6.07 Å². The maximum atomic E-state index is 15.0. The van der Waals surface area contributed by atoms with Crippen molar-refractivity contribution in [3.05, 3.63) is 123 Å². The lowest BCUT2D eigenvalue weighted by Gasteiger charge is -2.30. The number of nitrogens with two attached hydrogens (primary N) is 1. The van der Waals surface area contributed by atoms with Gasteiger partial charge in [0.2, 0.25) is 0 Å². The van der Waals surface area contributed by atoms with Gasteiger partial charge in [0, 0.05) is 53.0 Å². The van der Waals surface area contributed by atoms with Gasteiger partial charge in [-0.1, -0.05) is 36.3 Å². The van der Waals surface area contributed by atoms with Gasteiger partial charge in [0.05, 0.1) is 5.56 Å². The summed E-state index contributed by atoms with van der Waals surface area (Å²) in [6, 6.07) is 16.6. The smallest absolute Gasteiger partial charge is 0.253 e. The van der Waals surface area contributed by atoms with E-state index in [4.69, 9.17) is 10.7 Å². The molecule has 0 radical (unpaired) electrons. The van der Waals surface area contributed by atoms with Crippen LogP contribution in [0.5, 0.6) is 0 Å². The van der Waals surface area contributed by atoms with Crippen LogP contribution >= 0.6 is 0 Å². The predicted molar refractivity (Wildman–Crippen MR) is 140 cm³/mol. The van der Waals surface area contributed by atoms with Crippen molar-refractivity contribution in [1.29, 1.82) is 0 Å². The first-order valence-corrected chi connectivity index (χ1v) is 11.7. The summed E-state index contributed by atoms with van der Waals surface area (Å²) in [5, 5.41) is 0. The van der Waals surface area contributed by atoms with E-state index in [-0.39, 0.29) is 17.0 Å². The molecule has 0 saturated heterocycles. The molecule has 178 valence electrons. The lowest BCUT2D eigenvalue weighted by atomic mass is 9.77. The first-order valence-electron chi connectivity index (χ1n) is 11.7. The number of pyridine rings is 2. The molecule has 0 unspecified atom stereocenters. The minimum absolute atomic E-state index is 0.0699. The Labute approximate surface area is 209 Å². The Morgan fingerprint density at radius 2 is 1.86 bits per heavy atom. The summed E-state index contributed by atoms with van der Waals surface area (Å²) in [5.74, 6) is 5.65. The zero-order valence-corrected chi connectivity index (χ0v) is 20.3. The quantitative estimate of drug-likeness (QED) is 0.432. The van der Waals surface area contributed by atoms with E-state index in [0.29, 0.717) is 17.7 Å². The lowest BCUT2D eigenvalue weighted by molar-refractivity contribution is 0.610. The topological polar surface area (TPSA) is 73.3 Å². The van der Waals surface area contributed by atoms with Crippen molar-refractivity contribution >= 4 is 5.84 Å². The van der Waals surface area contributed by atoms with Gasteiger partial charge in [-0.15, -0.1) is 5.92 Å². The number of aromatic nitrogens is 2. The van der Waals surface area contributed by atoms with E-state index in [2.05, 4.69) is 16.8 Å². The highest BCUT2D eigenvalue weighted by Gasteiger charge is 2.44. The normalized spacial score (nSPS) is 16.2. The summed E-state index contributed by atoms with van der Waals surface area (Å²) in [6.45, 7) is 5.98. The maximum absolute atomic E-state index is 15.0. The molecule has 6 heteroatoms. The summed E-state index contributed by atoms with van der Waals surface area (Å²) in [6.07, 6.45) is 5.31. The fourth-order valence-corrected chi connectivity index (χ4v) is 4.94. The number of nitrogens with zero attached hydrogens (tertiary/aromatic N) is 3. The van der Waals surface area contributed by atoms with Crippen LogP contribution in [-0.4, -0.2) is 15.4 Å². The Morgan fingerprint density at radius 3 is 2.64 bits per heavy atom. The van der Waals surface area contributed by atoms with Crippen LogP contribution in [0.2, 0.25) is 0 Å². The van der Waals surface area contributed by atoms with E-state index in [1.807, 2.05) is 49.4 Å². The van der Waals surface area contributed by atoms with E-state index >= 15 is 4.39 Å². The number of amidine groups is 1. The number of aryl methyl sites for hydroxylation is 2. The number of fused-ring (bicyclic) bond motifs is 1. The predicted octanol–water partition coefficient (Wildman–Crippen LogP) is 4.76. The molecule has 0 amide bonds. The van der Waals surface area contributed by atoms with Gasteiger partial charge in [-0.2, -0.15) is 0 Å². The van der Waals surface area contributed by atoms with Crippen LogP contribution < -0.4 is 11.3 Å². The molecular weight excluding hydrogens is 451 g/mol. The molecule has 1 atom stereocenters. The Morgan fingerprint density at radius 1 is 1.06 bits per heavy atom. The molecule has 0 aliphatic carbocycles.